The van der Waals surface area contributed by atoms with Crippen LogP contribution in [0.25, 0.3) is 0 Å². The summed E-state index contributed by atoms with van der Waals surface area (Å²) in [5.74, 6) is -0.468. The zero-order valence-electron chi connectivity index (χ0n) is 9.00. The monoisotopic (exact) mass is 254 g/mol. The summed E-state index contributed by atoms with van der Waals surface area (Å²) >= 11 is 0. The largest absolute Gasteiger partial charge is 0.426 e. The molecule has 0 fully saturated rings. The fourth-order valence-corrected chi connectivity index (χ4v) is 1.34. The number of rotatable bonds is 4. The molecule has 0 radical (unpaired) electrons. The minimum absolute atomic E-state index is 0.254. The molecule has 0 spiro atoms. The lowest BCUT2D eigenvalue weighted by atomic mass is 10.2. The molecule has 1 rings (SSSR count). The molecule has 90 valence electrons. The number of hydrogen-bond acceptors (Lipinski definition) is 5. The molecule has 1 N–H and O–H groups in total. The lowest BCUT2D eigenvalue weighted by Gasteiger charge is -2.04. The molecule has 1 aromatic carbocycles. The number of carbonyl (C=O) groups is 1. The van der Waals surface area contributed by atoms with Gasteiger partial charge in [-0.15, -0.1) is 0 Å². The first kappa shape index (κ1) is 13.2. The molecule has 0 aromatic heterocycles. The summed E-state index contributed by atoms with van der Waals surface area (Å²) in [7, 11) is -3.42. The molecule has 1 aromatic rings. The first-order valence-corrected chi connectivity index (χ1v) is 6.45. The van der Waals surface area contributed by atoms with Crippen molar-refractivity contribution in [3.63, 3.8) is 0 Å². The first-order valence-electron chi connectivity index (χ1n) is 4.56. The quantitative estimate of drug-likeness (QED) is 0.603. The van der Waals surface area contributed by atoms with Crippen LogP contribution in [0, 0.1) is 11.3 Å². The van der Waals surface area contributed by atoms with Crippen LogP contribution in [-0.2, 0) is 14.8 Å². The van der Waals surface area contributed by atoms with Gasteiger partial charge in [0.05, 0.1) is 17.9 Å². The average molecular weight is 254 g/mol. The number of sulfonamides is 1. The zero-order chi connectivity index (χ0) is 12.9. The Labute approximate surface area is 98.9 Å². The van der Waals surface area contributed by atoms with Gasteiger partial charge in [0, 0.05) is 0 Å². The van der Waals surface area contributed by atoms with E-state index >= 15 is 0 Å². The van der Waals surface area contributed by atoms with E-state index in [9.17, 15) is 13.2 Å². The number of nitrogens with one attached hydrogen (secondary N) is 1. The molecule has 7 heteroatoms. The fourth-order valence-electron chi connectivity index (χ4n) is 0.955. The second-order valence-electron chi connectivity index (χ2n) is 3.20. The van der Waals surface area contributed by atoms with Gasteiger partial charge in [0.25, 0.3) is 0 Å². The van der Waals surface area contributed by atoms with Crippen molar-refractivity contribution >= 4 is 16.0 Å². The highest BCUT2D eigenvalue weighted by Crippen LogP contribution is 2.11. The molecule has 0 saturated heterocycles. The van der Waals surface area contributed by atoms with Crippen LogP contribution in [0.15, 0.2) is 24.3 Å². The van der Waals surface area contributed by atoms with Gasteiger partial charge in [0.15, 0.2) is 0 Å². The molecule has 0 unspecified atom stereocenters. The van der Waals surface area contributed by atoms with E-state index in [0.717, 1.165) is 6.26 Å². The highest BCUT2D eigenvalue weighted by molar-refractivity contribution is 7.88. The number of esters is 1. The van der Waals surface area contributed by atoms with Crippen molar-refractivity contribution in [1.29, 1.82) is 5.26 Å². The molecule has 0 atom stereocenters. The van der Waals surface area contributed by atoms with E-state index in [1.165, 1.54) is 24.3 Å². The van der Waals surface area contributed by atoms with Gasteiger partial charge in [-0.2, -0.15) is 5.26 Å². The maximum absolute atomic E-state index is 11.2. The molecule has 0 aliphatic rings. The summed E-state index contributed by atoms with van der Waals surface area (Å²) in [6.07, 6.45) is 0.946. The van der Waals surface area contributed by atoms with E-state index in [-0.39, 0.29) is 5.75 Å². The smallest absolute Gasteiger partial charge is 0.326 e. The predicted octanol–water partition coefficient (Wildman–Crippen LogP) is 0.0129. The summed E-state index contributed by atoms with van der Waals surface area (Å²) in [4.78, 5) is 11.2. The summed E-state index contributed by atoms with van der Waals surface area (Å²) < 4.78 is 28.3. The Hall–Kier alpha value is -1.91. The van der Waals surface area contributed by atoms with E-state index in [1.54, 1.807) is 0 Å². The van der Waals surface area contributed by atoms with Crippen LogP contribution in [0.4, 0.5) is 0 Å². The number of benzene rings is 1. The Balaban J connectivity index is 2.54. The van der Waals surface area contributed by atoms with Gasteiger partial charge in [0.1, 0.15) is 12.3 Å². The van der Waals surface area contributed by atoms with Crippen molar-refractivity contribution in [2.24, 2.45) is 0 Å². The molecule has 0 aliphatic carbocycles. The van der Waals surface area contributed by atoms with Crippen LogP contribution in [0.5, 0.6) is 5.75 Å². The van der Waals surface area contributed by atoms with Crippen LogP contribution in [0.1, 0.15) is 5.56 Å². The third-order valence-corrected chi connectivity index (χ3v) is 2.36. The van der Waals surface area contributed by atoms with E-state index in [1.807, 2.05) is 10.8 Å². The van der Waals surface area contributed by atoms with E-state index < -0.39 is 22.5 Å². The minimum Gasteiger partial charge on any atom is -0.426 e. The standard InChI is InChI=1S/C10H10N2O4S/c1-17(14,15)12-7-10(13)16-9-4-2-8(6-11)3-5-9/h2-5,12H,7H2,1H3. The summed E-state index contributed by atoms with van der Waals surface area (Å²) in [5.41, 5.74) is 0.444. The van der Waals surface area contributed by atoms with E-state index in [2.05, 4.69) is 0 Å². The summed E-state index contributed by atoms with van der Waals surface area (Å²) in [6, 6.07) is 7.82. The van der Waals surface area contributed by atoms with Crippen LogP contribution in [0.2, 0.25) is 0 Å². The SMILES string of the molecule is CS(=O)(=O)NCC(=O)Oc1ccc(C#N)cc1. The van der Waals surface area contributed by atoms with Gasteiger partial charge in [-0.25, -0.2) is 13.1 Å². The maximum atomic E-state index is 11.2. The van der Waals surface area contributed by atoms with Crippen molar-refractivity contribution in [2.75, 3.05) is 12.8 Å². The third-order valence-electron chi connectivity index (χ3n) is 1.69. The second-order valence-corrected chi connectivity index (χ2v) is 5.04. The maximum Gasteiger partial charge on any atom is 0.326 e. The van der Waals surface area contributed by atoms with Crippen molar-refractivity contribution in [3.05, 3.63) is 29.8 Å². The predicted molar refractivity (Wildman–Crippen MR) is 59.6 cm³/mol. The molecular formula is C10H10N2O4S. The number of nitrogens with zero attached hydrogens (tertiary/aromatic N) is 1. The molecular weight excluding hydrogens is 244 g/mol. The van der Waals surface area contributed by atoms with Crippen LogP contribution >= 0.6 is 0 Å². The highest BCUT2D eigenvalue weighted by atomic mass is 32.2. The Morgan fingerprint density at radius 3 is 2.47 bits per heavy atom. The number of carbonyl (C=O) groups excluding carboxylic acids is 1. The Bertz CT molecular complexity index is 543. The van der Waals surface area contributed by atoms with Gasteiger partial charge in [-0.1, -0.05) is 0 Å². The average Bonchev–Trinajstić information content (AvgIpc) is 2.27. The van der Waals surface area contributed by atoms with Crippen molar-refractivity contribution in [3.8, 4) is 11.8 Å². The molecule has 6 nitrogen and oxygen atoms in total. The normalized spacial score (nSPS) is 10.6. The van der Waals surface area contributed by atoms with Crippen LogP contribution in [-0.4, -0.2) is 27.2 Å². The Kier molecular flexibility index (Phi) is 4.20. The van der Waals surface area contributed by atoms with Crippen molar-refractivity contribution in [1.82, 2.24) is 4.72 Å². The second kappa shape index (κ2) is 5.43. The van der Waals surface area contributed by atoms with Gasteiger partial charge in [-0.05, 0) is 24.3 Å². The van der Waals surface area contributed by atoms with E-state index in [0.29, 0.717) is 5.56 Å². The molecule has 0 heterocycles. The van der Waals surface area contributed by atoms with Crippen LogP contribution in [0.3, 0.4) is 0 Å². The Morgan fingerprint density at radius 1 is 1.41 bits per heavy atom. The summed E-state index contributed by atoms with van der Waals surface area (Å²) in [5, 5.41) is 8.55. The number of ether oxygens (including phenoxy) is 1. The molecule has 0 amide bonds. The van der Waals surface area contributed by atoms with Gasteiger partial charge < -0.3 is 4.74 Å². The minimum atomic E-state index is -3.42. The van der Waals surface area contributed by atoms with Crippen molar-refractivity contribution in [2.45, 2.75) is 0 Å². The van der Waals surface area contributed by atoms with E-state index in [4.69, 9.17) is 10.00 Å². The molecule has 0 bridgehead atoms. The lowest BCUT2D eigenvalue weighted by molar-refractivity contribution is -0.133. The molecule has 0 saturated carbocycles. The first-order chi connectivity index (χ1) is 7.90. The number of nitriles is 1. The highest BCUT2D eigenvalue weighted by Gasteiger charge is 2.08. The molecule has 0 aliphatic heterocycles. The Morgan fingerprint density at radius 2 is 2.00 bits per heavy atom. The van der Waals surface area contributed by atoms with Gasteiger partial charge >= 0.3 is 5.97 Å². The topological polar surface area (TPSA) is 96.3 Å². The van der Waals surface area contributed by atoms with Gasteiger partial charge in [-0.3, -0.25) is 4.79 Å². The number of hydrogen-bond donors (Lipinski definition) is 1. The zero-order valence-corrected chi connectivity index (χ0v) is 9.82. The lowest BCUT2D eigenvalue weighted by Crippen LogP contribution is -2.30. The van der Waals surface area contributed by atoms with Gasteiger partial charge in [0.2, 0.25) is 10.0 Å². The summed E-state index contributed by atoms with van der Waals surface area (Å²) in [6.45, 7) is -0.432. The molecule has 17 heavy (non-hydrogen) atoms. The third kappa shape index (κ3) is 5.10. The van der Waals surface area contributed by atoms with Crippen molar-refractivity contribution < 1.29 is 17.9 Å². The fraction of sp³-hybridized carbons (Fsp3) is 0.200. The van der Waals surface area contributed by atoms with Crippen LogP contribution < -0.4 is 9.46 Å².